The molecule has 132 valence electrons. The SMILES string of the molecule is CC(NC(=O)c1ccc2c(c1)OCO2)c1ccc(OC(F)(F)F)cc1. The summed E-state index contributed by atoms with van der Waals surface area (Å²) in [5, 5.41) is 2.77. The Morgan fingerprint density at radius 3 is 2.48 bits per heavy atom. The van der Waals surface area contributed by atoms with Crippen LogP contribution in [0.1, 0.15) is 28.9 Å². The van der Waals surface area contributed by atoms with Gasteiger partial charge >= 0.3 is 6.36 Å². The molecule has 0 aliphatic carbocycles. The van der Waals surface area contributed by atoms with Crippen LogP contribution < -0.4 is 19.5 Å². The van der Waals surface area contributed by atoms with Gasteiger partial charge in [0.1, 0.15) is 5.75 Å². The monoisotopic (exact) mass is 353 g/mol. The van der Waals surface area contributed by atoms with E-state index in [0.29, 0.717) is 22.6 Å². The van der Waals surface area contributed by atoms with Crippen LogP contribution in [-0.2, 0) is 0 Å². The fourth-order valence-electron chi connectivity index (χ4n) is 2.36. The van der Waals surface area contributed by atoms with Crippen molar-refractivity contribution < 1.29 is 32.2 Å². The lowest BCUT2D eigenvalue weighted by Crippen LogP contribution is -2.26. The second kappa shape index (κ2) is 6.54. The molecule has 1 aliphatic rings. The first kappa shape index (κ1) is 16.9. The number of carbonyl (C=O) groups excluding carboxylic acids is 1. The molecule has 1 heterocycles. The molecule has 0 saturated heterocycles. The lowest BCUT2D eigenvalue weighted by atomic mass is 10.1. The number of hydrogen-bond acceptors (Lipinski definition) is 4. The van der Waals surface area contributed by atoms with Crippen LogP contribution in [0.25, 0.3) is 0 Å². The molecule has 0 saturated carbocycles. The molecule has 0 radical (unpaired) electrons. The van der Waals surface area contributed by atoms with Gasteiger partial charge in [-0.3, -0.25) is 4.79 Å². The standard InChI is InChI=1S/C17H14F3NO4/c1-10(11-2-5-13(6-3-11)25-17(18,19)20)21-16(22)12-4-7-14-15(8-12)24-9-23-14/h2-8,10H,9H2,1H3,(H,21,22). The Morgan fingerprint density at radius 1 is 1.12 bits per heavy atom. The van der Waals surface area contributed by atoms with Gasteiger partial charge in [0, 0.05) is 5.56 Å². The first-order valence-corrected chi connectivity index (χ1v) is 7.38. The van der Waals surface area contributed by atoms with Crippen molar-refractivity contribution in [1.82, 2.24) is 5.32 Å². The number of alkyl halides is 3. The number of carbonyl (C=O) groups is 1. The van der Waals surface area contributed by atoms with Crippen LogP contribution in [0.4, 0.5) is 13.2 Å². The third-order valence-electron chi connectivity index (χ3n) is 3.60. The van der Waals surface area contributed by atoms with Gasteiger partial charge < -0.3 is 19.5 Å². The molecule has 1 aliphatic heterocycles. The van der Waals surface area contributed by atoms with Crippen molar-refractivity contribution >= 4 is 5.91 Å². The Balaban J connectivity index is 1.65. The molecule has 8 heteroatoms. The molecule has 1 atom stereocenters. The van der Waals surface area contributed by atoms with Gasteiger partial charge in [-0.1, -0.05) is 12.1 Å². The second-order valence-corrected chi connectivity index (χ2v) is 5.38. The van der Waals surface area contributed by atoms with E-state index in [1.807, 2.05) is 0 Å². The van der Waals surface area contributed by atoms with Gasteiger partial charge in [0.2, 0.25) is 6.79 Å². The predicted molar refractivity (Wildman–Crippen MR) is 81.6 cm³/mol. The topological polar surface area (TPSA) is 56.8 Å². The summed E-state index contributed by atoms with van der Waals surface area (Å²) in [4.78, 5) is 12.3. The summed E-state index contributed by atoms with van der Waals surface area (Å²) in [6, 6.07) is 9.75. The van der Waals surface area contributed by atoms with Crippen LogP contribution in [0.5, 0.6) is 17.2 Å². The van der Waals surface area contributed by atoms with E-state index in [-0.39, 0.29) is 18.4 Å². The maximum absolute atomic E-state index is 12.3. The average molecular weight is 353 g/mol. The molecular weight excluding hydrogens is 339 g/mol. The van der Waals surface area contributed by atoms with E-state index in [2.05, 4.69) is 10.1 Å². The molecule has 1 amide bonds. The Labute approximate surface area is 141 Å². The molecule has 1 unspecified atom stereocenters. The Hall–Kier alpha value is -2.90. The van der Waals surface area contributed by atoms with Crippen molar-refractivity contribution in [3.05, 3.63) is 53.6 Å². The molecule has 2 aromatic carbocycles. The predicted octanol–water partition coefficient (Wildman–Crippen LogP) is 3.80. The van der Waals surface area contributed by atoms with Gasteiger partial charge in [0.25, 0.3) is 5.91 Å². The highest BCUT2D eigenvalue weighted by atomic mass is 19.4. The van der Waals surface area contributed by atoms with Gasteiger partial charge in [0.15, 0.2) is 11.5 Å². The molecular formula is C17H14F3NO4. The van der Waals surface area contributed by atoms with Crippen LogP contribution >= 0.6 is 0 Å². The maximum Gasteiger partial charge on any atom is 0.573 e. The number of hydrogen-bond donors (Lipinski definition) is 1. The molecule has 0 aromatic heterocycles. The highest BCUT2D eigenvalue weighted by Gasteiger charge is 2.31. The van der Waals surface area contributed by atoms with E-state index >= 15 is 0 Å². The number of rotatable bonds is 4. The summed E-state index contributed by atoms with van der Waals surface area (Å²) in [5.74, 6) is 0.422. The summed E-state index contributed by atoms with van der Waals surface area (Å²) in [7, 11) is 0. The van der Waals surface area contributed by atoms with Gasteiger partial charge in [-0.05, 0) is 42.8 Å². The minimum Gasteiger partial charge on any atom is -0.454 e. The van der Waals surface area contributed by atoms with E-state index in [1.165, 1.54) is 24.3 Å². The minimum absolute atomic E-state index is 0.114. The van der Waals surface area contributed by atoms with Crippen molar-refractivity contribution in [2.24, 2.45) is 0 Å². The first-order chi connectivity index (χ1) is 11.8. The van der Waals surface area contributed by atoms with Crippen molar-refractivity contribution in [2.45, 2.75) is 19.3 Å². The summed E-state index contributed by atoms with van der Waals surface area (Å²) in [6.45, 7) is 1.84. The molecule has 5 nitrogen and oxygen atoms in total. The Morgan fingerprint density at radius 2 is 1.80 bits per heavy atom. The van der Waals surface area contributed by atoms with Crippen molar-refractivity contribution in [1.29, 1.82) is 0 Å². The number of halogens is 3. The minimum atomic E-state index is -4.74. The smallest absolute Gasteiger partial charge is 0.454 e. The van der Waals surface area contributed by atoms with E-state index in [4.69, 9.17) is 9.47 Å². The summed E-state index contributed by atoms with van der Waals surface area (Å²) >= 11 is 0. The number of nitrogens with one attached hydrogen (secondary N) is 1. The van der Waals surface area contributed by atoms with Crippen LogP contribution in [-0.4, -0.2) is 19.1 Å². The van der Waals surface area contributed by atoms with Crippen molar-refractivity contribution in [3.63, 3.8) is 0 Å². The van der Waals surface area contributed by atoms with Crippen molar-refractivity contribution in [3.8, 4) is 17.2 Å². The summed E-state index contributed by atoms with van der Waals surface area (Å²) in [6.07, 6.45) is -4.74. The van der Waals surface area contributed by atoms with E-state index in [0.717, 1.165) is 0 Å². The Kier molecular flexibility index (Phi) is 4.43. The number of benzene rings is 2. The fourth-order valence-corrected chi connectivity index (χ4v) is 2.36. The first-order valence-electron chi connectivity index (χ1n) is 7.38. The van der Waals surface area contributed by atoms with Crippen molar-refractivity contribution in [2.75, 3.05) is 6.79 Å². The highest BCUT2D eigenvalue weighted by molar-refractivity contribution is 5.95. The van der Waals surface area contributed by atoms with Gasteiger partial charge in [0.05, 0.1) is 6.04 Å². The largest absolute Gasteiger partial charge is 0.573 e. The summed E-state index contributed by atoms with van der Waals surface area (Å²) in [5.41, 5.74) is 1.04. The third-order valence-corrected chi connectivity index (χ3v) is 3.60. The number of ether oxygens (including phenoxy) is 3. The Bertz CT molecular complexity index is 774. The lowest BCUT2D eigenvalue weighted by Gasteiger charge is -2.15. The zero-order valence-electron chi connectivity index (χ0n) is 13.1. The molecule has 3 rings (SSSR count). The normalized spacial score (nSPS) is 14.1. The second-order valence-electron chi connectivity index (χ2n) is 5.38. The molecule has 25 heavy (non-hydrogen) atoms. The fraction of sp³-hybridized carbons (Fsp3) is 0.235. The highest BCUT2D eigenvalue weighted by Crippen LogP contribution is 2.32. The number of amides is 1. The van der Waals surface area contributed by atoms with E-state index in [9.17, 15) is 18.0 Å². The molecule has 2 aromatic rings. The molecule has 0 fully saturated rings. The molecule has 0 bridgehead atoms. The van der Waals surface area contributed by atoms with Crippen LogP contribution in [0, 0.1) is 0 Å². The zero-order valence-corrected chi connectivity index (χ0v) is 13.1. The quantitative estimate of drug-likeness (QED) is 0.908. The molecule has 0 spiro atoms. The van der Waals surface area contributed by atoms with Gasteiger partial charge in [-0.15, -0.1) is 13.2 Å². The van der Waals surface area contributed by atoms with Crippen LogP contribution in [0.3, 0.4) is 0 Å². The van der Waals surface area contributed by atoms with Gasteiger partial charge in [-0.25, -0.2) is 0 Å². The van der Waals surface area contributed by atoms with Gasteiger partial charge in [-0.2, -0.15) is 0 Å². The van der Waals surface area contributed by atoms with E-state index in [1.54, 1.807) is 25.1 Å². The van der Waals surface area contributed by atoms with E-state index < -0.39 is 12.4 Å². The lowest BCUT2D eigenvalue weighted by molar-refractivity contribution is -0.274. The third kappa shape index (κ3) is 4.14. The van der Waals surface area contributed by atoms with Crippen LogP contribution in [0.2, 0.25) is 0 Å². The molecule has 1 N–H and O–H groups in total. The maximum atomic E-state index is 12.3. The summed E-state index contributed by atoms with van der Waals surface area (Å²) < 4.78 is 50.7. The number of fused-ring (bicyclic) bond motifs is 1. The zero-order chi connectivity index (χ0) is 18.0. The van der Waals surface area contributed by atoms with Crippen LogP contribution in [0.15, 0.2) is 42.5 Å². The average Bonchev–Trinajstić information content (AvgIpc) is 3.01.